The smallest absolute Gasteiger partial charge is 0.264 e. The third kappa shape index (κ3) is 8.75. The number of ether oxygens (including phenoxy) is 1. The number of hydrogen-bond acceptors (Lipinski definition) is 5. The van der Waals surface area contributed by atoms with E-state index in [1.807, 2.05) is 89.2 Å². The van der Waals surface area contributed by atoms with Crippen molar-refractivity contribution in [2.24, 2.45) is 0 Å². The first-order chi connectivity index (χ1) is 22.0. The minimum absolute atomic E-state index is 0.0575. The van der Waals surface area contributed by atoms with Crippen molar-refractivity contribution in [2.75, 3.05) is 10.8 Å². The zero-order valence-corrected chi connectivity index (χ0v) is 28.0. The standard InChI is InChI=1S/C37H43N3O5S/c1-6-29(5)38-37(42)35(7-2)39(25-30-17-13-27(3)14-18-30)36(41)26-40(46(43,44)34-23-15-28(4)16-24-34)31-19-21-33(22-20-31)45-32-11-9-8-10-12-32/h8-24,29,35H,6-7,25-26H2,1-5H3,(H,38,42)/t29-,35-/m0/s1. The van der Waals surface area contributed by atoms with Gasteiger partial charge in [-0.2, -0.15) is 0 Å². The van der Waals surface area contributed by atoms with E-state index in [9.17, 15) is 18.0 Å². The third-order valence-electron chi connectivity index (χ3n) is 7.85. The second-order valence-electron chi connectivity index (χ2n) is 11.5. The quantitative estimate of drug-likeness (QED) is 0.160. The normalized spacial score (nSPS) is 12.5. The Labute approximate surface area is 273 Å². The molecule has 0 heterocycles. The number of rotatable bonds is 14. The van der Waals surface area contributed by atoms with Crippen LogP contribution >= 0.6 is 0 Å². The topological polar surface area (TPSA) is 96.0 Å². The summed E-state index contributed by atoms with van der Waals surface area (Å²) < 4.78 is 35.4. The van der Waals surface area contributed by atoms with Crippen LogP contribution in [0.25, 0.3) is 0 Å². The second-order valence-corrected chi connectivity index (χ2v) is 13.3. The van der Waals surface area contributed by atoms with E-state index in [2.05, 4.69) is 5.32 Å². The zero-order chi connectivity index (χ0) is 33.3. The van der Waals surface area contributed by atoms with Crippen LogP contribution in [0, 0.1) is 13.8 Å². The van der Waals surface area contributed by atoms with Crippen molar-refractivity contribution in [3.05, 3.63) is 120 Å². The molecule has 0 spiro atoms. The van der Waals surface area contributed by atoms with Gasteiger partial charge in [0.2, 0.25) is 11.8 Å². The first-order valence-corrected chi connectivity index (χ1v) is 17.0. The van der Waals surface area contributed by atoms with Crippen LogP contribution in [0.3, 0.4) is 0 Å². The van der Waals surface area contributed by atoms with E-state index in [0.29, 0.717) is 23.6 Å². The van der Waals surface area contributed by atoms with Crippen molar-refractivity contribution in [3.63, 3.8) is 0 Å². The highest BCUT2D eigenvalue weighted by Gasteiger charge is 2.34. The van der Waals surface area contributed by atoms with Crippen LogP contribution in [-0.2, 0) is 26.2 Å². The summed E-state index contributed by atoms with van der Waals surface area (Å²) in [4.78, 5) is 29.3. The van der Waals surface area contributed by atoms with Gasteiger partial charge in [0.15, 0.2) is 0 Å². The highest BCUT2D eigenvalue weighted by atomic mass is 32.2. The van der Waals surface area contributed by atoms with Crippen molar-refractivity contribution in [1.29, 1.82) is 0 Å². The number of nitrogens with zero attached hydrogens (tertiary/aromatic N) is 2. The number of anilines is 1. The number of para-hydroxylation sites is 1. The maximum Gasteiger partial charge on any atom is 0.264 e. The molecule has 0 saturated heterocycles. The molecule has 2 amide bonds. The van der Waals surface area contributed by atoms with Gasteiger partial charge in [-0.1, -0.05) is 79.6 Å². The molecular weight excluding hydrogens is 598 g/mol. The van der Waals surface area contributed by atoms with E-state index < -0.39 is 28.5 Å². The number of carbonyl (C=O) groups is 2. The fourth-order valence-corrected chi connectivity index (χ4v) is 6.34. The van der Waals surface area contributed by atoms with E-state index in [-0.39, 0.29) is 23.4 Å². The lowest BCUT2D eigenvalue weighted by molar-refractivity contribution is -0.140. The van der Waals surface area contributed by atoms with E-state index in [4.69, 9.17) is 4.74 Å². The summed E-state index contributed by atoms with van der Waals surface area (Å²) in [6.45, 7) is 9.24. The number of aryl methyl sites for hydroxylation is 2. The molecule has 2 atom stereocenters. The molecule has 0 aliphatic rings. The molecule has 0 saturated carbocycles. The number of hydrogen-bond donors (Lipinski definition) is 1. The zero-order valence-electron chi connectivity index (χ0n) is 27.1. The van der Waals surface area contributed by atoms with Gasteiger partial charge in [0.25, 0.3) is 10.0 Å². The summed E-state index contributed by atoms with van der Waals surface area (Å²) in [6.07, 6.45) is 1.09. The van der Waals surface area contributed by atoms with Crippen molar-refractivity contribution in [2.45, 2.75) is 71.0 Å². The highest BCUT2D eigenvalue weighted by Crippen LogP contribution is 2.29. The summed E-state index contributed by atoms with van der Waals surface area (Å²) in [5.74, 6) is 0.394. The van der Waals surface area contributed by atoms with Crippen LogP contribution in [-0.4, -0.2) is 43.8 Å². The molecule has 0 fully saturated rings. The fourth-order valence-electron chi connectivity index (χ4n) is 4.92. The van der Waals surface area contributed by atoms with Gasteiger partial charge in [0.1, 0.15) is 24.1 Å². The molecular formula is C37H43N3O5S. The molecule has 0 radical (unpaired) electrons. The summed E-state index contributed by atoms with van der Waals surface area (Å²) >= 11 is 0. The van der Waals surface area contributed by atoms with Crippen LogP contribution in [0.1, 0.15) is 50.3 Å². The van der Waals surface area contributed by atoms with Crippen LogP contribution in [0.15, 0.2) is 108 Å². The van der Waals surface area contributed by atoms with Gasteiger partial charge in [-0.3, -0.25) is 13.9 Å². The van der Waals surface area contributed by atoms with Crippen LogP contribution in [0.5, 0.6) is 11.5 Å². The Morgan fingerprint density at radius 2 is 1.33 bits per heavy atom. The Kier molecular flexibility index (Phi) is 11.6. The van der Waals surface area contributed by atoms with Crippen molar-refractivity contribution in [1.82, 2.24) is 10.2 Å². The van der Waals surface area contributed by atoms with Gasteiger partial charge in [-0.05, 0) is 87.7 Å². The minimum Gasteiger partial charge on any atom is -0.457 e. The molecule has 4 aromatic rings. The maximum absolute atomic E-state index is 14.3. The molecule has 0 aliphatic carbocycles. The number of sulfonamides is 1. The van der Waals surface area contributed by atoms with Gasteiger partial charge in [0.05, 0.1) is 10.6 Å². The van der Waals surface area contributed by atoms with Gasteiger partial charge in [-0.15, -0.1) is 0 Å². The predicted molar refractivity (Wildman–Crippen MR) is 182 cm³/mol. The molecule has 4 rings (SSSR count). The third-order valence-corrected chi connectivity index (χ3v) is 9.64. The van der Waals surface area contributed by atoms with Crippen LogP contribution < -0.4 is 14.4 Å². The Bertz CT molecular complexity index is 1690. The molecule has 9 heteroatoms. The Hall–Kier alpha value is -4.63. The van der Waals surface area contributed by atoms with Crippen molar-refractivity contribution < 1.29 is 22.7 Å². The van der Waals surface area contributed by atoms with Crippen LogP contribution in [0.4, 0.5) is 5.69 Å². The SMILES string of the molecule is CC[C@H](C)NC(=O)[C@H](CC)N(Cc1ccc(C)cc1)C(=O)CN(c1ccc(Oc2ccccc2)cc1)S(=O)(=O)c1ccc(C)cc1. The van der Waals surface area contributed by atoms with Gasteiger partial charge < -0.3 is 15.0 Å². The van der Waals surface area contributed by atoms with E-state index >= 15 is 0 Å². The monoisotopic (exact) mass is 641 g/mol. The second kappa shape index (κ2) is 15.6. The summed E-state index contributed by atoms with van der Waals surface area (Å²) in [7, 11) is -4.18. The molecule has 46 heavy (non-hydrogen) atoms. The molecule has 0 unspecified atom stereocenters. The number of nitrogens with one attached hydrogen (secondary N) is 1. The van der Waals surface area contributed by atoms with E-state index in [1.54, 1.807) is 36.4 Å². The molecule has 4 aromatic carbocycles. The lowest BCUT2D eigenvalue weighted by Crippen LogP contribution is -2.53. The lowest BCUT2D eigenvalue weighted by atomic mass is 10.1. The van der Waals surface area contributed by atoms with E-state index in [0.717, 1.165) is 27.4 Å². The minimum atomic E-state index is -4.18. The largest absolute Gasteiger partial charge is 0.457 e. The summed E-state index contributed by atoms with van der Waals surface area (Å²) in [5.41, 5.74) is 3.11. The average Bonchev–Trinajstić information content (AvgIpc) is 3.05. The highest BCUT2D eigenvalue weighted by molar-refractivity contribution is 7.92. The maximum atomic E-state index is 14.3. The molecule has 0 aromatic heterocycles. The number of amides is 2. The van der Waals surface area contributed by atoms with Crippen LogP contribution in [0.2, 0.25) is 0 Å². The Morgan fingerprint density at radius 1 is 0.761 bits per heavy atom. The molecule has 242 valence electrons. The molecule has 8 nitrogen and oxygen atoms in total. The van der Waals surface area contributed by atoms with Crippen molar-refractivity contribution in [3.8, 4) is 11.5 Å². The predicted octanol–water partition coefficient (Wildman–Crippen LogP) is 7.01. The summed E-state index contributed by atoms with van der Waals surface area (Å²) in [5, 5.41) is 3.00. The van der Waals surface area contributed by atoms with Crippen molar-refractivity contribution >= 4 is 27.5 Å². The first-order valence-electron chi connectivity index (χ1n) is 15.6. The molecule has 1 N–H and O–H groups in total. The number of carbonyl (C=O) groups excluding carboxylic acids is 2. The average molecular weight is 642 g/mol. The summed E-state index contributed by atoms with van der Waals surface area (Å²) in [6, 6.07) is 29.2. The van der Waals surface area contributed by atoms with Gasteiger partial charge in [-0.25, -0.2) is 8.42 Å². The lowest BCUT2D eigenvalue weighted by Gasteiger charge is -2.33. The molecule has 0 aliphatic heterocycles. The number of benzene rings is 4. The Balaban J connectivity index is 1.72. The fraction of sp³-hybridized carbons (Fsp3) is 0.297. The van der Waals surface area contributed by atoms with Gasteiger partial charge >= 0.3 is 0 Å². The first kappa shape index (κ1) is 34.2. The van der Waals surface area contributed by atoms with Gasteiger partial charge in [0, 0.05) is 12.6 Å². The Morgan fingerprint density at radius 3 is 1.89 bits per heavy atom. The van der Waals surface area contributed by atoms with E-state index in [1.165, 1.54) is 17.0 Å². The molecule has 0 bridgehead atoms.